The first-order chi connectivity index (χ1) is 13.8. The van der Waals surface area contributed by atoms with Crippen LogP contribution in [0.15, 0.2) is 59.1 Å². The van der Waals surface area contributed by atoms with Crippen molar-refractivity contribution in [1.29, 1.82) is 0 Å². The Labute approximate surface area is 179 Å². The quantitative estimate of drug-likeness (QED) is 0.532. The summed E-state index contributed by atoms with van der Waals surface area (Å²) in [4.78, 5) is 36.9. The molecule has 2 aromatic carbocycles. The van der Waals surface area contributed by atoms with E-state index in [4.69, 9.17) is 0 Å². The number of halogens is 1. The lowest BCUT2D eigenvalue weighted by atomic mass is 10.0. The van der Waals surface area contributed by atoms with Gasteiger partial charge in [-0.2, -0.15) is 0 Å². The molecule has 0 aliphatic heterocycles. The minimum absolute atomic E-state index is 0.128. The Balaban J connectivity index is 1.90. The highest BCUT2D eigenvalue weighted by Crippen LogP contribution is 2.15. The predicted molar refractivity (Wildman–Crippen MR) is 117 cm³/mol. The second-order valence-corrected chi connectivity index (χ2v) is 8.02. The molecule has 0 spiro atoms. The topological polar surface area (TPSA) is 87.3 Å². The number of benzene rings is 2. The minimum Gasteiger partial charge on any atom is -0.353 e. The van der Waals surface area contributed by atoms with Crippen LogP contribution in [0.2, 0.25) is 0 Å². The van der Waals surface area contributed by atoms with Crippen LogP contribution in [0.3, 0.4) is 0 Å². The van der Waals surface area contributed by atoms with Gasteiger partial charge in [0.05, 0.1) is 0 Å². The summed E-state index contributed by atoms with van der Waals surface area (Å²) in [6.45, 7) is 4.06. The SMILES string of the molecule is CC(C)CC(=O)NC(C(=O)NCCC(=O)Nc1ccc(Br)cc1)c1ccccc1. The van der Waals surface area contributed by atoms with E-state index in [0.29, 0.717) is 17.7 Å². The summed E-state index contributed by atoms with van der Waals surface area (Å²) in [5, 5.41) is 8.31. The van der Waals surface area contributed by atoms with Crippen molar-refractivity contribution in [3.63, 3.8) is 0 Å². The predicted octanol–water partition coefficient (Wildman–Crippen LogP) is 3.80. The third kappa shape index (κ3) is 8.07. The Bertz CT molecular complexity index is 823. The minimum atomic E-state index is -0.794. The standard InChI is InChI=1S/C22H26BrN3O3/c1-15(2)14-20(28)26-21(16-6-4-3-5-7-16)22(29)24-13-12-19(27)25-18-10-8-17(23)9-11-18/h3-11,15,21H,12-14H2,1-2H3,(H,24,29)(H,25,27)(H,26,28). The fraction of sp³-hybridized carbons (Fsp3) is 0.318. The van der Waals surface area contributed by atoms with Crippen LogP contribution in [0.5, 0.6) is 0 Å². The largest absolute Gasteiger partial charge is 0.353 e. The molecule has 29 heavy (non-hydrogen) atoms. The van der Waals surface area contributed by atoms with Crippen molar-refractivity contribution in [3.8, 4) is 0 Å². The van der Waals surface area contributed by atoms with Crippen molar-refractivity contribution in [2.45, 2.75) is 32.7 Å². The molecule has 0 heterocycles. The van der Waals surface area contributed by atoms with Crippen molar-refractivity contribution >= 4 is 39.3 Å². The molecule has 3 amide bonds. The fourth-order valence-corrected chi connectivity index (χ4v) is 2.96. The van der Waals surface area contributed by atoms with Gasteiger partial charge in [0.25, 0.3) is 0 Å². The molecule has 0 saturated carbocycles. The normalized spacial score (nSPS) is 11.6. The van der Waals surface area contributed by atoms with E-state index in [9.17, 15) is 14.4 Å². The molecule has 1 unspecified atom stereocenters. The highest BCUT2D eigenvalue weighted by atomic mass is 79.9. The zero-order valence-corrected chi connectivity index (χ0v) is 18.2. The molecular weight excluding hydrogens is 434 g/mol. The van der Waals surface area contributed by atoms with E-state index in [2.05, 4.69) is 31.9 Å². The summed E-state index contributed by atoms with van der Waals surface area (Å²) in [6.07, 6.45) is 0.468. The van der Waals surface area contributed by atoms with Crippen LogP contribution in [0, 0.1) is 5.92 Å². The maximum atomic E-state index is 12.7. The average molecular weight is 460 g/mol. The van der Waals surface area contributed by atoms with Gasteiger partial charge >= 0.3 is 0 Å². The van der Waals surface area contributed by atoms with Gasteiger partial charge < -0.3 is 16.0 Å². The fourth-order valence-electron chi connectivity index (χ4n) is 2.69. The summed E-state index contributed by atoms with van der Waals surface area (Å²) in [5.41, 5.74) is 1.38. The summed E-state index contributed by atoms with van der Waals surface area (Å²) >= 11 is 3.34. The molecule has 7 heteroatoms. The lowest BCUT2D eigenvalue weighted by Gasteiger charge is -2.19. The van der Waals surface area contributed by atoms with Crippen LogP contribution < -0.4 is 16.0 Å². The van der Waals surface area contributed by atoms with Gasteiger partial charge in [0, 0.05) is 29.5 Å². The summed E-state index contributed by atoms with van der Waals surface area (Å²) < 4.78 is 0.925. The van der Waals surface area contributed by atoms with Gasteiger partial charge in [-0.15, -0.1) is 0 Å². The number of carbonyl (C=O) groups is 3. The van der Waals surface area contributed by atoms with Crippen molar-refractivity contribution < 1.29 is 14.4 Å². The van der Waals surface area contributed by atoms with Crippen molar-refractivity contribution in [1.82, 2.24) is 10.6 Å². The molecule has 0 aliphatic carbocycles. The van der Waals surface area contributed by atoms with E-state index < -0.39 is 6.04 Å². The van der Waals surface area contributed by atoms with E-state index in [1.165, 1.54) is 0 Å². The van der Waals surface area contributed by atoms with Crippen molar-refractivity contribution in [2.75, 3.05) is 11.9 Å². The molecule has 3 N–H and O–H groups in total. The molecule has 0 bridgehead atoms. The van der Waals surface area contributed by atoms with Crippen LogP contribution in [0.4, 0.5) is 5.69 Å². The molecule has 0 aliphatic rings. The summed E-state index contributed by atoms with van der Waals surface area (Å²) in [5.74, 6) is -0.536. The number of hydrogen-bond donors (Lipinski definition) is 3. The van der Waals surface area contributed by atoms with Crippen LogP contribution >= 0.6 is 15.9 Å². The van der Waals surface area contributed by atoms with Gasteiger partial charge in [-0.1, -0.05) is 60.1 Å². The van der Waals surface area contributed by atoms with Crippen molar-refractivity contribution in [2.24, 2.45) is 5.92 Å². The number of rotatable bonds is 9. The number of nitrogens with one attached hydrogen (secondary N) is 3. The Morgan fingerprint density at radius 1 is 0.931 bits per heavy atom. The van der Waals surface area contributed by atoms with Gasteiger partial charge in [-0.3, -0.25) is 14.4 Å². The van der Waals surface area contributed by atoms with E-state index in [1.54, 1.807) is 24.3 Å². The van der Waals surface area contributed by atoms with Crippen LogP contribution in [0.1, 0.15) is 38.3 Å². The molecule has 0 radical (unpaired) electrons. The monoisotopic (exact) mass is 459 g/mol. The number of carbonyl (C=O) groups excluding carboxylic acids is 3. The molecule has 154 valence electrons. The van der Waals surface area contributed by atoms with E-state index in [1.807, 2.05) is 44.2 Å². The number of amides is 3. The first-order valence-electron chi connectivity index (χ1n) is 9.52. The lowest BCUT2D eigenvalue weighted by Crippen LogP contribution is -2.41. The molecular formula is C22H26BrN3O3. The molecule has 0 aromatic heterocycles. The average Bonchev–Trinajstić information content (AvgIpc) is 2.68. The van der Waals surface area contributed by atoms with Gasteiger partial charge in [0.2, 0.25) is 17.7 Å². The van der Waals surface area contributed by atoms with E-state index in [-0.39, 0.29) is 36.6 Å². The second-order valence-electron chi connectivity index (χ2n) is 7.11. The Kier molecular flexibility index (Phi) is 8.86. The molecule has 0 saturated heterocycles. The molecule has 1 atom stereocenters. The highest BCUT2D eigenvalue weighted by Gasteiger charge is 2.22. The third-order valence-electron chi connectivity index (χ3n) is 4.07. The highest BCUT2D eigenvalue weighted by molar-refractivity contribution is 9.10. The maximum Gasteiger partial charge on any atom is 0.247 e. The zero-order chi connectivity index (χ0) is 21.2. The van der Waals surface area contributed by atoms with Gasteiger partial charge in [0.15, 0.2) is 0 Å². The molecule has 0 fully saturated rings. The van der Waals surface area contributed by atoms with Crippen LogP contribution in [-0.4, -0.2) is 24.3 Å². The zero-order valence-electron chi connectivity index (χ0n) is 16.6. The Hall–Kier alpha value is -2.67. The summed E-state index contributed by atoms with van der Waals surface area (Å²) in [6, 6.07) is 15.5. The van der Waals surface area contributed by atoms with E-state index in [0.717, 1.165) is 4.47 Å². The Morgan fingerprint density at radius 2 is 1.59 bits per heavy atom. The maximum absolute atomic E-state index is 12.7. The van der Waals surface area contributed by atoms with Crippen LogP contribution in [-0.2, 0) is 14.4 Å². The van der Waals surface area contributed by atoms with Gasteiger partial charge in [0.1, 0.15) is 6.04 Å². The van der Waals surface area contributed by atoms with Crippen molar-refractivity contribution in [3.05, 3.63) is 64.6 Å². The van der Waals surface area contributed by atoms with Crippen LogP contribution in [0.25, 0.3) is 0 Å². The first kappa shape index (κ1) is 22.6. The first-order valence-corrected chi connectivity index (χ1v) is 10.3. The molecule has 6 nitrogen and oxygen atoms in total. The Morgan fingerprint density at radius 3 is 2.21 bits per heavy atom. The third-order valence-corrected chi connectivity index (χ3v) is 4.60. The number of hydrogen-bond acceptors (Lipinski definition) is 3. The lowest BCUT2D eigenvalue weighted by molar-refractivity contribution is -0.129. The van der Waals surface area contributed by atoms with E-state index >= 15 is 0 Å². The van der Waals surface area contributed by atoms with Gasteiger partial charge in [-0.05, 0) is 35.7 Å². The van der Waals surface area contributed by atoms with Gasteiger partial charge in [-0.25, -0.2) is 0 Å². The second kappa shape index (κ2) is 11.4. The smallest absolute Gasteiger partial charge is 0.247 e. The number of anilines is 1. The molecule has 2 aromatic rings. The molecule has 2 rings (SSSR count). The summed E-state index contributed by atoms with van der Waals surface area (Å²) in [7, 11) is 0.